The molecule has 0 bridgehead atoms. The van der Waals surface area contributed by atoms with Crippen LogP contribution in [0.5, 0.6) is 0 Å². The second kappa shape index (κ2) is 8.08. The number of rotatable bonds is 7. The summed E-state index contributed by atoms with van der Waals surface area (Å²) in [6, 6.07) is 0. The van der Waals surface area contributed by atoms with E-state index in [1.54, 1.807) is 11.8 Å². The molecule has 5 nitrogen and oxygen atoms in total. The molecule has 0 aromatic rings. The van der Waals surface area contributed by atoms with Crippen molar-refractivity contribution in [2.45, 2.75) is 45.6 Å². The van der Waals surface area contributed by atoms with E-state index >= 15 is 0 Å². The summed E-state index contributed by atoms with van der Waals surface area (Å²) in [4.78, 5) is 25.1. The fourth-order valence-corrected chi connectivity index (χ4v) is 2.05. The maximum atomic E-state index is 12.1. The highest BCUT2D eigenvalue weighted by molar-refractivity contribution is 5.82. The van der Waals surface area contributed by atoms with Crippen LogP contribution in [0.25, 0.3) is 0 Å². The number of ether oxygens (including phenoxy) is 2. The minimum absolute atomic E-state index is 0.0168. The van der Waals surface area contributed by atoms with Crippen molar-refractivity contribution in [1.82, 2.24) is 4.90 Å². The normalized spacial score (nSPS) is 18.7. The van der Waals surface area contributed by atoms with Crippen LogP contribution in [0.4, 0.5) is 0 Å². The Hall–Kier alpha value is -1.10. The van der Waals surface area contributed by atoms with Crippen molar-refractivity contribution in [3.8, 4) is 0 Å². The highest BCUT2D eigenvalue weighted by Crippen LogP contribution is 2.16. The maximum absolute atomic E-state index is 12.1. The van der Waals surface area contributed by atoms with Gasteiger partial charge in [-0.05, 0) is 26.2 Å². The third-order valence-electron chi connectivity index (χ3n) is 2.90. The van der Waals surface area contributed by atoms with Crippen molar-refractivity contribution >= 4 is 11.9 Å². The molecular weight excluding hydrogens is 234 g/mol. The standard InChI is InChI=1S/C13H23NO4/c1-3-7-14(10-13(16)17-4-2)12(15)9-11-6-5-8-18-11/h11H,3-10H2,1-2H3. The fourth-order valence-electron chi connectivity index (χ4n) is 2.05. The van der Waals surface area contributed by atoms with Gasteiger partial charge in [0.1, 0.15) is 6.54 Å². The van der Waals surface area contributed by atoms with Crippen LogP contribution in [0, 0.1) is 0 Å². The minimum Gasteiger partial charge on any atom is -0.465 e. The highest BCUT2D eigenvalue weighted by Gasteiger charge is 2.23. The number of hydrogen-bond donors (Lipinski definition) is 0. The van der Waals surface area contributed by atoms with E-state index in [0.717, 1.165) is 25.9 Å². The predicted octanol–water partition coefficient (Wildman–Crippen LogP) is 1.36. The number of amides is 1. The summed E-state index contributed by atoms with van der Waals surface area (Å²) in [7, 11) is 0. The van der Waals surface area contributed by atoms with Gasteiger partial charge >= 0.3 is 5.97 Å². The Kier molecular flexibility index (Phi) is 6.72. The van der Waals surface area contributed by atoms with Gasteiger partial charge in [-0.25, -0.2) is 0 Å². The summed E-state index contributed by atoms with van der Waals surface area (Å²) in [6.45, 7) is 5.47. The molecule has 0 aliphatic carbocycles. The largest absolute Gasteiger partial charge is 0.465 e. The zero-order valence-corrected chi connectivity index (χ0v) is 11.3. The smallest absolute Gasteiger partial charge is 0.325 e. The van der Waals surface area contributed by atoms with Gasteiger partial charge in [0.15, 0.2) is 0 Å². The molecule has 0 aromatic heterocycles. The molecule has 0 radical (unpaired) electrons. The molecule has 0 spiro atoms. The Labute approximate surface area is 108 Å². The quantitative estimate of drug-likeness (QED) is 0.646. The van der Waals surface area contributed by atoms with E-state index in [4.69, 9.17) is 9.47 Å². The average molecular weight is 257 g/mol. The summed E-state index contributed by atoms with van der Waals surface area (Å²) in [6.07, 6.45) is 3.18. The number of carbonyl (C=O) groups excluding carboxylic acids is 2. The Morgan fingerprint density at radius 3 is 2.72 bits per heavy atom. The molecule has 1 amide bonds. The van der Waals surface area contributed by atoms with Gasteiger partial charge < -0.3 is 14.4 Å². The van der Waals surface area contributed by atoms with Gasteiger partial charge in [0.2, 0.25) is 5.91 Å². The van der Waals surface area contributed by atoms with Crippen molar-refractivity contribution in [1.29, 1.82) is 0 Å². The van der Waals surface area contributed by atoms with Crippen LogP contribution >= 0.6 is 0 Å². The molecule has 0 saturated carbocycles. The lowest BCUT2D eigenvalue weighted by Gasteiger charge is -2.22. The lowest BCUT2D eigenvalue weighted by atomic mass is 10.1. The monoisotopic (exact) mass is 257 g/mol. The topological polar surface area (TPSA) is 55.8 Å². The van der Waals surface area contributed by atoms with Crippen LogP contribution in [0.15, 0.2) is 0 Å². The Morgan fingerprint density at radius 2 is 2.17 bits per heavy atom. The predicted molar refractivity (Wildman–Crippen MR) is 67.1 cm³/mol. The zero-order chi connectivity index (χ0) is 13.4. The van der Waals surface area contributed by atoms with E-state index in [-0.39, 0.29) is 24.5 Å². The van der Waals surface area contributed by atoms with E-state index in [1.165, 1.54) is 0 Å². The SMILES string of the molecule is CCCN(CC(=O)OCC)C(=O)CC1CCCO1. The lowest BCUT2D eigenvalue weighted by Crippen LogP contribution is -2.38. The molecule has 1 atom stereocenters. The van der Waals surface area contributed by atoms with Crippen LogP contribution in [-0.2, 0) is 19.1 Å². The van der Waals surface area contributed by atoms with Crippen molar-refractivity contribution in [2.75, 3.05) is 26.3 Å². The van der Waals surface area contributed by atoms with Crippen LogP contribution in [0.1, 0.15) is 39.5 Å². The molecule has 1 unspecified atom stereocenters. The molecule has 0 N–H and O–H groups in total. The van der Waals surface area contributed by atoms with Crippen molar-refractivity contribution in [3.63, 3.8) is 0 Å². The number of esters is 1. The van der Waals surface area contributed by atoms with Crippen molar-refractivity contribution < 1.29 is 19.1 Å². The molecule has 1 rings (SSSR count). The van der Waals surface area contributed by atoms with E-state index in [9.17, 15) is 9.59 Å². The first-order valence-electron chi connectivity index (χ1n) is 6.72. The van der Waals surface area contributed by atoms with Gasteiger partial charge in [0.05, 0.1) is 19.1 Å². The summed E-state index contributed by atoms with van der Waals surface area (Å²) in [5.41, 5.74) is 0. The van der Waals surface area contributed by atoms with Crippen LogP contribution < -0.4 is 0 Å². The summed E-state index contributed by atoms with van der Waals surface area (Å²) in [5, 5.41) is 0. The van der Waals surface area contributed by atoms with Crippen molar-refractivity contribution in [2.24, 2.45) is 0 Å². The number of carbonyl (C=O) groups is 2. The molecule has 1 fully saturated rings. The van der Waals surface area contributed by atoms with Crippen LogP contribution in [0.2, 0.25) is 0 Å². The molecule has 0 aromatic carbocycles. The Bertz CT molecular complexity index is 274. The molecule has 104 valence electrons. The number of nitrogens with zero attached hydrogens (tertiary/aromatic N) is 1. The highest BCUT2D eigenvalue weighted by atomic mass is 16.5. The molecular formula is C13H23NO4. The molecule has 1 aliphatic rings. The van der Waals surface area contributed by atoms with Crippen molar-refractivity contribution in [3.05, 3.63) is 0 Å². The second-order valence-electron chi connectivity index (χ2n) is 4.46. The average Bonchev–Trinajstić information content (AvgIpc) is 2.81. The van der Waals surface area contributed by atoms with Crippen LogP contribution in [0.3, 0.4) is 0 Å². The van der Waals surface area contributed by atoms with E-state index in [1.807, 2.05) is 6.92 Å². The first kappa shape index (κ1) is 15.0. The minimum atomic E-state index is -0.341. The molecule has 1 heterocycles. The maximum Gasteiger partial charge on any atom is 0.325 e. The molecule has 18 heavy (non-hydrogen) atoms. The fraction of sp³-hybridized carbons (Fsp3) is 0.846. The first-order chi connectivity index (χ1) is 8.67. The van der Waals surface area contributed by atoms with Gasteiger partial charge in [-0.3, -0.25) is 9.59 Å². The summed E-state index contributed by atoms with van der Waals surface area (Å²) < 4.78 is 10.3. The van der Waals surface area contributed by atoms with Gasteiger partial charge in [-0.15, -0.1) is 0 Å². The van der Waals surface area contributed by atoms with Gasteiger partial charge in [-0.1, -0.05) is 6.92 Å². The van der Waals surface area contributed by atoms with Crippen LogP contribution in [-0.4, -0.2) is 49.2 Å². The zero-order valence-electron chi connectivity index (χ0n) is 11.3. The van der Waals surface area contributed by atoms with E-state index in [0.29, 0.717) is 19.6 Å². The van der Waals surface area contributed by atoms with E-state index < -0.39 is 0 Å². The van der Waals surface area contributed by atoms with Gasteiger partial charge in [0.25, 0.3) is 0 Å². The van der Waals surface area contributed by atoms with E-state index in [2.05, 4.69) is 0 Å². The third-order valence-corrected chi connectivity index (χ3v) is 2.90. The second-order valence-corrected chi connectivity index (χ2v) is 4.46. The van der Waals surface area contributed by atoms with Gasteiger partial charge in [0, 0.05) is 13.2 Å². The Balaban J connectivity index is 2.43. The lowest BCUT2D eigenvalue weighted by molar-refractivity contribution is -0.149. The molecule has 1 saturated heterocycles. The third kappa shape index (κ3) is 5.04. The Morgan fingerprint density at radius 1 is 1.39 bits per heavy atom. The summed E-state index contributed by atoms with van der Waals surface area (Å²) in [5.74, 6) is -0.358. The molecule has 1 aliphatic heterocycles. The van der Waals surface area contributed by atoms with Gasteiger partial charge in [-0.2, -0.15) is 0 Å². The number of hydrogen-bond acceptors (Lipinski definition) is 4. The first-order valence-corrected chi connectivity index (χ1v) is 6.72. The molecule has 5 heteroatoms. The summed E-state index contributed by atoms with van der Waals surface area (Å²) >= 11 is 0.